The first kappa shape index (κ1) is 10.0. The van der Waals surface area contributed by atoms with Gasteiger partial charge in [-0.25, -0.2) is 15.0 Å². The molecule has 2 rings (SSSR count). The van der Waals surface area contributed by atoms with E-state index < -0.39 is 0 Å². The zero-order valence-corrected chi connectivity index (χ0v) is 9.06. The van der Waals surface area contributed by atoms with Gasteiger partial charge in [-0.15, -0.1) is 0 Å². The van der Waals surface area contributed by atoms with E-state index in [-0.39, 0.29) is 0 Å². The molecule has 0 aromatic carbocycles. The number of fused-ring (bicyclic) bond motifs is 1. The van der Waals surface area contributed by atoms with E-state index in [1.54, 1.807) is 6.33 Å². The van der Waals surface area contributed by atoms with Crippen molar-refractivity contribution in [3.05, 3.63) is 17.8 Å². The van der Waals surface area contributed by atoms with Gasteiger partial charge in [0.1, 0.15) is 11.3 Å². The van der Waals surface area contributed by atoms with Crippen molar-refractivity contribution in [3.63, 3.8) is 0 Å². The van der Waals surface area contributed by atoms with Crippen molar-refractivity contribution in [1.29, 1.82) is 0 Å². The van der Waals surface area contributed by atoms with Crippen LogP contribution in [0.25, 0.3) is 11.2 Å². The zero-order valence-electron chi connectivity index (χ0n) is 9.06. The molecule has 0 fully saturated rings. The molecule has 15 heavy (non-hydrogen) atoms. The molecule has 0 aliphatic carbocycles. The van der Waals surface area contributed by atoms with E-state index in [9.17, 15) is 0 Å². The van der Waals surface area contributed by atoms with Crippen LogP contribution >= 0.6 is 0 Å². The van der Waals surface area contributed by atoms with Gasteiger partial charge in [-0.1, -0.05) is 13.8 Å². The highest BCUT2D eigenvalue weighted by atomic mass is 15.2. The molecule has 2 heterocycles. The van der Waals surface area contributed by atoms with Crippen molar-refractivity contribution in [1.82, 2.24) is 19.5 Å². The van der Waals surface area contributed by atoms with Gasteiger partial charge >= 0.3 is 0 Å². The summed E-state index contributed by atoms with van der Waals surface area (Å²) < 4.78 is 1.84. The summed E-state index contributed by atoms with van der Waals surface area (Å²) in [7, 11) is 0. The molecule has 5 nitrogen and oxygen atoms in total. The van der Waals surface area contributed by atoms with E-state index in [0.717, 1.165) is 35.5 Å². The summed E-state index contributed by atoms with van der Waals surface area (Å²) in [6, 6.07) is 0. The highest BCUT2D eigenvalue weighted by Crippen LogP contribution is 2.14. The fraction of sp³-hybridized carbons (Fsp3) is 0.500. The van der Waals surface area contributed by atoms with Gasteiger partial charge in [0.2, 0.25) is 0 Å². The molecule has 2 N–H and O–H groups in total. The van der Waals surface area contributed by atoms with Crippen LogP contribution in [-0.4, -0.2) is 19.5 Å². The molecule has 0 saturated carbocycles. The van der Waals surface area contributed by atoms with Gasteiger partial charge < -0.3 is 10.3 Å². The number of nitrogens with two attached hydrogens (primary N) is 1. The quantitative estimate of drug-likeness (QED) is 0.807. The summed E-state index contributed by atoms with van der Waals surface area (Å²) in [5.41, 5.74) is 8.33. The van der Waals surface area contributed by atoms with Crippen LogP contribution < -0.4 is 5.73 Å². The van der Waals surface area contributed by atoms with Crippen molar-refractivity contribution < 1.29 is 0 Å². The van der Waals surface area contributed by atoms with E-state index in [1.165, 1.54) is 0 Å². The number of aryl methyl sites for hydroxylation is 2. The summed E-state index contributed by atoms with van der Waals surface area (Å²) in [6.45, 7) is 4.52. The van der Waals surface area contributed by atoms with E-state index in [2.05, 4.69) is 21.9 Å². The van der Waals surface area contributed by atoms with E-state index in [0.29, 0.717) is 6.67 Å². The molecule has 0 amide bonds. The summed E-state index contributed by atoms with van der Waals surface area (Å²) in [6.07, 6.45) is 3.42. The largest absolute Gasteiger partial charge is 0.314 e. The maximum atomic E-state index is 5.61. The molecule has 0 radical (unpaired) electrons. The third-order valence-electron chi connectivity index (χ3n) is 2.43. The standard InChI is InChI=1S/C10H15N5/c1-3-7-9-10(14-8(4-2)13-7)15(5-11)6-12-9/h6H,3-5,11H2,1-2H3. The van der Waals surface area contributed by atoms with Crippen molar-refractivity contribution >= 4 is 11.2 Å². The van der Waals surface area contributed by atoms with Gasteiger partial charge in [0.15, 0.2) is 5.65 Å². The van der Waals surface area contributed by atoms with Crippen molar-refractivity contribution in [2.45, 2.75) is 33.4 Å². The Kier molecular flexibility index (Phi) is 2.64. The Hall–Kier alpha value is -1.49. The second kappa shape index (κ2) is 3.94. The molecular formula is C10H15N5. The average Bonchev–Trinajstić information content (AvgIpc) is 2.70. The van der Waals surface area contributed by atoms with Crippen LogP contribution in [0.2, 0.25) is 0 Å². The molecule has 0 aliphatic rings. The molecule has 0 atom stereocenters. The molecule has 2 aromatic heterocycles. The van der Waals surface area contributed by atoms with Crippen molar-refractivity contribution in [3.8, 4) is 0 Å². The van der Waals surface area contributed by atoms with Crippen LogP contribution in [0.4, 0.5) is 0 Å². The van der Waals surface area contributed by atoms with Crippen molar-refractivity contribution in [2.75, 3.05) is 0 Å². The number of hydrogen-bond donors (Lipinski definition) is 1. The first-order valence-corrected chi connectivity index (χ1v) is 5.20. The maximum Gasteiger partial charge on any atom is 0.164 e. The monoisotopic (exact) mass is 205 g/mol. The summed E-state index contributed by atoms with van der Waals surface area (Å²) in [5.74, 6) is 0.856. The van der Waals surface area contributed by atoms with Crippen LogP contribution in [0.3, 0.4) is 0 Å². The Morgan fingerprint density at radius 3 is 2.67 bits per heavy atom. The lowest BCUT2D eigenvalue weighted by Gasteiger charge is -2.03. The Bertz CT molecular complexity index is 474. The fourth-order valence-corrected chi connectivity index (χ4v) is 1.59. The Balaban J connectivity index is 2.71. The zero-order chi connectivity index (χ0) is 10.8. The first-order valence-electron chi connectivity index (χ1n) is 5.20. The number of aromatic nitrogens is 4. The molecule has 5 heteroatoms. The van der Waals surface area contributed by atoms with E-state index in [4.69, 9.17) is 5.73 Å². The minimum atomic E-state index is 0.403. The highest BCUT2D eigenvalue weighted by molar-refractivity contribution is 5.73. The maximum absolute atomic E-state index is 5.61. The third-order valence-corrected chi connectivity index (χ3v) is 2.43. The van der Waals surface area contributed by atoms with Gasteiger partial charge in [0, 0.05) is 6.42 Å². The Morgan fingerprint density at radius 2 is 2.07 bits per heavy atom. The van der Waals surface area contributed by atoms with Crippen LogP contribution in [0, 0.1) is 0 Å². The summed E-state index contributed by atoms with van der Waals surface area (Å²) in [4.78, 5) is 13.2. The van der Waals surface area contributed by atoms with Gasteiger partial charge in [-0.2, -0.15) is 0 Å². The normalized spacial score (nSPS) is 11.1. The highest BCUT2D eigenvalue weighted by Gasteiger charge is 2.10. The molecule has 0 bridgehead atoms. The topological polar surface area (TPSA) is 69.6 Å². The smallest absolute Gasteiger partial charge is 0.164 e. The molecule has 0 spiro atoms. The Morgan fingerprint density at radius 1 is 1.27 bits per heavy atom. The summed E-state index contributed by atoms with van der Waals surface area (Å²) >= 11 is 0. The molecule has 0 aliphatic heterocycles. The lowest BCUT2D eigenvalue weighted by Crippen LogP contribution is -2.08. The predicted molar refractivity (Wildman–Crippen MR) is 58.3 cm³/mol. The number of hydrogen-bond acceptors (Lipinski definition) is 4. The number of imidazole rings is 1. The minimum absolute atomic E-state index is 0.403. The van der Waals surface area contributed by atoms with E-state index >= 15 is 0 Å². The Labute approximate surface area is 88.4 Å². The van der Waals surface area contributed by atoms with Crippen LogP contribution in [0.5, 0.6) is 0 Å². The van der Waals surface area contributed by atoms with Gasteiger partial charge in [0.05, 0.1) is 18.7 Å². The SMILES string of the molecule is CCc1nc(CC)c2ncn(CN)c2n1. The van der Waals surface area contributed by atoms with Crippen LogP contribution in [-0.2, 0) is 19.5 Å². The average molecular weight is 205 g/mol. The minimum Gasteiger partial charge on any atom is -0.314 e. The van der Waals surface area contributed by atoms with Gasteiger partial charge in [0.25, 0.3) is 0 Å². The van der Waals surface area contributed by atoms with Crippen LogP contribution in [0.15, 0.2) is 6.33 Å². The lowest BCUT2D eigenvalue weighted by molar-refractivity contribution is 0.742. The summed E-state index contributed by atoms with van der Waals surface area (Å²) in [5, 5.41) is 0. The molecule has 0 unspecified atom stereocenters. The first-order chi connectivity index (χ1) is 7.30. The predicted octanol–water partition coefficient (Wildman–Crippen LogP) is 0.867. The van der Waals surface area contributed by atoms with Crippen molar-refractivity contribution in [2.24, 2.45) is 5.73 Å². The van der Waals surface area contributed by atoms with E-state index in [1.807, 2.05) is 11.5 Å². The molecular weight excluding hydrogens is 190 g/mol. The van der Waals surface area contributed by atoms with Crippen LogP contribution in [0.1, 0.15) is 25.4 Å². The number of nitrogens with zero attached hydrogens (tertiary/aromatic N) is 4. The third kappa shape index (κ3) is 1.59. The lowest BCUT2D eigenvalue weighted by atomic mass is 10.3. The fourth-order valence-electron chi connectivity index (χ4n) is 1.59. The second-order valence-corrected chi connectivity index (χ2v) is 3.36. The second-order valence-electron chi connectivity index (χ2n) is 3.36. The molecule has 2 aromatic rings. The number of rotatable bonds is 3. The van der Waals surface area contributed by atoms with Gasteiger partial charge in [-0.3, -0.25) is 0 Å². The molecule has 80 valence electrons. The molecule has 0 saturated heterocycles. The van der Waals surface area contributed by atoms with Gasteiger partial charge in [-0.05, 0) is 6.42 Å².